The lowest BCUT2D eigenvalue weighted by Gasteiger charge is -2.12. The van der Waals surface area contributed by atoms with Crippen LogP contribution >= 0.6 is 23.4 Å². The zero-order valence-electron chi connectivity index (χ0n) is 13.7. The number of halogens is 1. The number of hydrogen-bond donors (Lipinski definition) is 0. The van der Waals surface area contributed by atoms with Crippen molar-refractivity contribution in [3.8, 4) is 11.4 Å². The molecule has 2 heterocycles. The lowest BCUT2D eigenvalue weighted by Crippen LogP contribution is -2.07. The monoisotopic (exact) mass is 358 g/mol. The summed E-state index contributed by atoms with van der Waals surface area (Å²) in [5.41, 5.74) is 2.21. The molecule has 3 aromatic rings. The minimum atomic E-state index is 0.507. The van der Waals surface area contributed by atoms with Crippen molar-refractivity contribution >= 4 is 23.4 Å². The first-order valence-corrected chi connectivity index (χ1v) is 9.20. The number of nitrogens with zero attached hydrogens (tertiary/aromatic N) is 4. The Balaban J connectivity index is 1.86. The first-order valence-electron chi connectivity index (χ1n) is 7.84. The molecule has 0 radical (unpaired) electrons. The zero-order chi connectivity index (χ0) is 16.9. The van der Waals surface area contributed by atoms with Crippen LogP contribution < -0.4 is 0 Å². The lowest BCUT2D eigenvalue weighted by molar-refractivity contribution is 0.498. The first-order chi connectivity index (χ1) is 11.6. The van der Waals surface area contributed by atoms with E-state index in [4.69, 9.17) is 11.6 Å². The van der Waals surface area contributed by atoms with E-state index >= 15 is 0 Å². The number of aromatic nitrogens is 4. The summed E-state index contributed by atoms with van der Waals surface area (Å²) in [6.07, 6.45) is 3.56. The molecule has 0 N–H and O–H groups in total. The molecule has 4 nitrogen and oxygen atoms in total. The highest BCUT2D eigenvalue weighted by Crippen LogP contribution is 2.27. The van der Waals surface area contributed by atoms with Gasteiger partial charge < -0.3 is 4.57 Å². The molecule has 0 spiro atoms. The zero-order valence-corrected chi connectivity index (χ0v) is 15.3. The summed E-state index contributed by atoms with van der Waals surface area (Å²) in [7, 11) is 0. The van der Waals surface area contributed by atoms with Crippen LogP contribution in [0.2, 0.25) is 5.02 Å². The van der Waals surface area contributed by atoms with E-state index in [1.807, 2.05) is 30.3 Å². The molecule has 0 atom stereocenters. The molecule has 2 aromatic heterocycles. The predicted octanol–water partition coefficient (Wildman–Crippen LogP) is 4.94. The minimum Gasteiger partial charge on any atom is -0.302 e. The van der Waals surface area contributed by atoms with Crippen molar-refractivity contribution in [1.82, 2.24) is 19.7 Å². The Morgan fingerprint density at radius 3 is 2.62 bits per heavy atom. The molecule has 0 saturated carbocycles. The van der Waals surface area contributed by atoms with Gasteiger partial charge in [0.2, 0.25) is 0 Å². The van der Waals surface area contributed by atoms with Crippen LogP contribution in [0.5, 0.6) is 0 Å². The molecule has 0 aliphatic rings. The summed E-state index contributed by atoms with van der Waals surface area (Å²) in [6.45, 7) is 5.27. The van der Waals surface area contributed by atoms with Gasteiger partial charge in [-0.3, -0.25) is 4.98 Å². The molecule has 0 aliphatic heterocycles. The average molecular weight is 359 g/mol. The number of benzene rings is 1. The maximum absolute atomic E-state index is 6.06. The predicted molar refractivity (Wildman–Crippen MR) is 99.1 cm³/mol. The van der Waals surface area contributed by atoms with Crippen LogP contribution in [0.25, 0.3) is 11.4 Å². The largest absolute Gasteiger partial charge is 0.302 e. The van der Waals surface area contributed by atoms with Gasteiger partial charge in [0, 0.05) is 35.3 Å². The molecule has 0 fully saturated rings. The van der Waals surface area contributed by atoms with Crippen LogP contribution in [0.4, 0.5) is 0 Å². The van der Waals surface area contributed by atoms with Crippen molar-refractivity contribution < 1.29 is 0 Å². The third kappa shape index (κ3) is 4.16. The van der Waals surface area contributed by atoms with Crippen molar-refractivity contribution in [3.05, 3.63) is 59.4 Å². The molecule has 0 aliphatic carbocycles. The van der Waals surface area contributed by atoms with E-state index in [-0.39, 0.29) is 0 Å². The Hall–Kier alpha value is -1.85. The summed E-state index contributed by atoms with van der Waals surface area (Å²) < 4.78 is 2.19. The van der Waals surface area contributed by atoms with Crippen molar-refractivity contribution in [2.75, 3.05) is 0 Å². The highest BCUT2D eigenvalue weighted by molar-refractivity contribution is 7.98. The van der Waals surface area contributed by atoms with E-state index in [2.05, 4.69) is 39.7 Å². The Morgan fingerprint density at radius 2 is 1.92 bits per heavy atom. The fourth-order valence-electron chi connectivity index (χ4n) is 2.41. The maximum atomic E-state index is 6.06. The molecule has 0 unspecified atom stereocenters. The van der Waals surface area contributed by atoms with Gasteiger partial charge in [-0.2, -0.15) is 0 Å². The number of hydrogen-bond acceptors (Lipinski definition) is 4. The van der Waals surface area contributed by atoms with Gasteiger partial charge >= 0.3 is 0 Å². The normalized spacial score (nSPS) is 11.2. The third-order valence-corrected chi connectivity index (χ3v) is 4.73. The van der Waals surface area contributed by atoms with Gasteiger partial charge in [-0.1, -0.05) is 49.3 Å². The van der Waals surface area contributed by atoms with Gasteiger partial charge in [-0.15, -0.1) is 10.2 Å². The molecule has 0 amide bonds. The second kappa shape index (κ2) is 7.81. The maximum Gasteiger partial charge on any atom is 0.191 e. The quantitative estimate of drug-likeness (QED) is 0.585. The highest BCUT2D eigenvalue weighted by atomic mass is 35.5. The standard InChI is InChI=1S/C18H19ClN4S/c1-13(2)11-23-17(15-6-8-20-9-7-15)21-22-18(23)24-12-14-4-3-5-16(19)10-14/h3-10,13H,11-12H2,1-2H3. The van der Waals surface area contributed by atoms with Crippen molar-refractivity contribution in [1.29, 1.82) is 0 Å². The van der Waals surface area contributed by atoms with Crippen molar-refractivity contribution in [2.24, 2.45) is 5.92 Å². The van der Waals surface area contributed by atoms with Gasteiger partial charge in [0.15, 0.2) is 11.0 Å². The van der Waals surface area contributed by atoms with E-state index in [0.717, 1.165) is 33.9 Å². The Bertz CT molecular complexity index is 802. The summed E-state index contributed by atoms with van der Waals surface area (Å²) in [5.74, 6) is 2.21. The van der Waals surface area contributed by atoms with Crippen LogP contribution in [-0.2, 0) is 12.3 Å². The molecule has 3 rings (SSSR count). The molecular weight excluding hydrogens is 340 g/mol. The molecule has 124 valence electrons. The van der Waals surface area contributed by atoms with Crippen molar-refractivity contribution in [2.45, 2.75) is 31.3 Å². The van der Waals surface area contributed by atoms with Crippen LogP contribution in [0.15, 0.2) is 53.9 Å². The second-order valence-electron chi connectivity index (χ2n) is 5.97. The van der Waals surface area contributed by atoms with Gasteiger partial charge in [0.05, 0.1) is 0 Å². The number of rotatable bonds is 6. The van der Waals surface area contributed by atoms with E-state index < -0.39 is 0 Å². The van der Waals surface area contributed by atoms with Gasteiger partial charge in [-0.05, 0) is 35.7 Å². The fraction of sp³-hybridized carbons (Fsp3) is 0.278. The Morgan fingerprint density at radius 1 is 1.12 bits per heavy atom. The van der Waals surface area contributed by atoms with Crippen LogP contribution in [-0.4, -0.2) is 19.7 Å². The number of pyridine rings is 1. The summed E-state index contributed by atoms with van der Waals surface area (Å²) >= 11 is 7.74. The van der Waals surface area contributed by atoms with E-state index in [9.17, 15) is 0 Å². The highest BCUT2D eigenvalue weighted by Gasteiger charge is 2.15. The smallest absolute Gasteiger partial charge is 0.191 e. The fourth-order valence-corrected chi connectivity index (χ4v) is 3.52. The molecule has 1 aromatic carbocycles. The van der Waals surface area contributed by atoms with Gasteiger partial charge in [0.1, 0.15) is 0 Å². The third-order valence-electron chi connectivity index (χ3n) is 3.46. The van der Waals surface area contributed by atoms with Gasteiger partial charge in [0.25, 0.3) is 0 Å². The Labute approximate surface area is 151 Å². The molecule has 6 heteroatoms. The molecule has 0 bridgehead atoms. The summed E-state index contributed by atoms with van der Waals surface area (Å²) in [5, 5.41) is 10.5. The van der Waals surface area contributed by atoms with E-state index in [1.165, 1.54) is 5.56 Å². The van der Waals surface area contributed by atoms with Crippen LogP contribution in [0.3, 0.4) is 0 Å². The summed E-state index contributed by atoms with van der Waals surface area (Å²) in [6, 6.07) is 11.9. The van der Waals surface area contributed by atoms with Crippen LogP contribution in [0, 0.1) is 5.92 Å². The second-order valence-corrected chi connectivity index (χ2v) is 7.34. The van der Waals surface area contributed by atoms with Gasteiger partial charge in [-0.25, -0.2) is 0 Å². The van der Waals surface area contributed by atoms with E-state index in [1.54, 1.807) is 24.2 Å². The van der Waals surface area contributed by atoms with Crippen LogP contribution in [0.1, 0.15) is 19.4 Å². The molecule has 24 heavy (non-hydrogen) atoms. The first kappa shape index (κ1) is 17.0. The lowest BCUT2D eigenvalue weighted by atomic mass is 10.2. The average Bonchev–Trinajstić information content (AvgIpc) is 2.96. The summed E-state index contributed by atoms with van der Waals surface area (Å²) in [4.78, 5) is 4.08. The van der Waals surface area contributed by atoms with E-state index in [0.29, 0.717) is 5.92 Å². The Kier molecular flexibility index (Phi) is 5.53. The molecule has 0 saturated heterocycles. The topological polar surface area (TPSA) is 43.6 Å². The minimum absolute atomic E-state index is 0.507. The molecular formula is C18H19ClN4S. The number of thioether (sulfide) groups is 1. The van der Waals surface area contributed by atoms with Crippen molar-refractivity contribution in [3.63, 3.8) is 0 Å². The SMILES string of the molecule is CC(C)Cn1c(SCc2cccc(Cl)c2)nnc1-c1ccncc1.